The van der Waals surface area contributed by atoms with Gasteiger partial charge in [0.25, 0.3) is 11.9 Å². The summed E-state index contributed by atoms with van der Waals surface area (Å²) in [7, 11) is 3.54. The first kappa shape index (κ1) is 32.5. The van der Waals surface area contributed by atoms with Crippen molar-refractivity contribution in [1.29, 1.82) is 0 Å². The third-order valence-electron chi connectivity index (χ3n) is 3.56. The second-order valence-electron chi connectivity index (χ2n) is 9.51. The van der Waals surface area contributed by atoms with E-state index in [1.54, 1.807) is 21.6 Å². The van der Waals surface area contributed by atoms with Crippen LogP contribution in [0.5, 0.6) is 0 Å². The molecule has 0 saturated carbocycles. The Labute approximate surface area is 205 Å². The first-order valence-electron chi connectivity index (χ1n) is 12.0. The van der Waals surface area contributed by atoms with E-state index in [0.717, 1.165) is 11.5 Å². The van der Waals surface area contributed by atoms with Crippen LogP contribution < -0.4 is 0 Å². The van der Waals surface area contributed by atoms with Gasteiger partial charge in [-0.1, -0.05) is 21.6 Å². The van der Waals surface area contributed by atoms with Crippen molar-refractivity contribution >= 4 is 21.6 Å². The van der Waals surface area contributed by atoms with E-state index in [9.17, 15) is 0 Å². The van der Waals surface area contributed by atoms with Gasteiger partial charge in [0.15, 0.2) is 0 Å². The highest BCUT2D eigenvalue weighted by atomic mass is 33.1. The highest BCUT2D eigenvalue weighted by Gasteiger charge is 2.38. The molecule has 0 aliphatic heterocycles. The van der Waals surface area contributed by atoms with Crippen LogP contribution in [0.4, 0.5) is 0 Å². The summed E-state index contributed by atoms with van der Waals surface area (Å²) < 4.78 is 36.7. The third kappa shape index (κ3) is 15.4. The van der Waals surface area contributed by atoms with E-state index < -0.39 is 11.9 Å². The minimum absolute atomic E-state index is 0.000293. The molecule has 0 rings (SSSR count). The molecule has 0 radical (unpaired) electrons. The van der Waals surface area contributed by atoms with Gasteiger partial charge in [0, 0.05) is 24.3 Å². The minimum atomic E-state index is -1.03. The number of rotatable bonds is 19. The normalized spacial score (nSPS) is 13.7. The largest absolute Gasteiger partial charge is 0.325 e. The molecule has 0 aliphatic carbocycles. The van der Waals surface area contributed by atoms with Crippen LogP contribution in [0.15, 0.2) is 0 Å². The van der Waals surface area contributed by atoms with Crippen molar-refractivity contribution in [3.63, 3.8) is 0 Å². The highest BCUT2D eigenvalue weighted by molar-refractivity contribution is 8.76. The van der Waals surface area contributed by atoms with Gasteiger partial charge in [0.05, 0.1) is 36.6 Å². The molecular formula is C24H50O6S2. The molecular weight excluding hydrogens is 448 g/mol. The summed E-state index contributed by atoms with van der Waals surface area (Å²) in [5.74, 6) is -0.415. The van der Waals surface area contributed by atoms with Crippen LogP contribution in [0, 0.1) is 0 Å². The average Bonchev–Trinajstić information content (AvgIpc) is 2.53. The maximum atomic E-state index is 6.12. The topological polar surface area (TPSA) is 55.4 Å². The molecule has 0 aromatic heterocycles. The summed E-state index contributed by atoms with van der Waals surface area (Å²) in [6.45, 7) is 24.0. The van der Waals surface area contributed by atoms with Gasteiger partial charge in [-0.2, -0.15) is 0 Å². The first-order valence-corrected chi connectivity index (χ1v) is 14.5. The average molecular weight is 499 g/mol. The zero-order valence-electron chi connectivity index (χ0n) is 22.6. The fraction of sp³-hybridized carbons (Fsp3) is 1.00. The van der Waals surface area contributed by atoms with E-state index >= 15 is 0 Å². The van der Waals surface area contributed by atoms with Gasteiger partial charge < -0.3 is 28.4 Å². The first-order chi connectivity index (χ1) is 14.7. The maximum Gasteiger partial charge on any atom is 0.284 e. The van der Waals surface area contributed by atoms with Crippen molar-refractivity contribution < 1.29 is 28.4 Å². The van der Waals surface area contributed by atoms with Gasteiger partial charge in [-0.15, -0.1) is 0 Å². The van der Waals surface area contributed by atoms with Crippen LogP contribution in [-0.4, -0.2) is 60.1 Å². The smallest absolute Gasteiger partial charge is 0.284 e. The van der Waals surface area contributed by atoms with Gasteiger partial charge in [-0.05, 0) is 83.1 Å². The van der Waals surface area contributed by atoms with Crippen LogP contribution in [0.2, 0.25) is 0 Å². The Kier molecular flexibility index (Phi) is 16.4. The van der Waals surface area contributed by atoms with Gasteiger partial charge in [0.1, 0.15) is 0 Å². The lowest BCUT2D eigenvalue weighted by Crippen LogP contribution is -2.45. The van der Waals surface area contributed by atoms with Crippen LogP contribution in [-0.2, 0) is 28.4 Å². The highest BCUT2D eigenvalue weighted by Crippen LogP contribution is 2.34. The van der Waals surface area contributed by atoms with Crippen molar-refractivity contribution in [2.45, 2.75) is 144 Å². The Balaban J connectivity index is 4.95. The molecule has 32 heavy (non-hydrogen) atoms. The van der Waals surface area contributed by atoms with Crippen molar-refractivity contribution in [3.05, 3.63) is 0 Å². The molecule has 0 heterocycles. The molecule has 0 amide bonds. The zero-order chi connectivity index (χ0) is 24.9. The molecule has 0 bridgehead atoms. The fourth-order valence-electron chi connectivity index (χ4n) is 3.13. The van der Waals surface area contributed by atoms with E-state index in [2.05, 4.69) is 0 Å². The number of hydrogen-bond acceptors (Lipinski definition) is 8. The van der Waals surface area contributed by atoms with E-state index in [4.69, 9.17) is 28.4 Å². The Bertz CT molecular complexity index is 374. The van der Waals surface area contributed by atoms with Crippen molar-refractivity contribution in [2.24, 2.45) is 0 Å². The maximum absolute atomic E-state index is 6.12. The minimum Gasteiger partial charge on any atom is -0.325 e. The summed E-state index contributed by atoms with van der Waals surface area (Å²) in [6.07, 6.45) is 1.28. The Hall–Kier alpha value is 0.460. The van der Waals surface area contributed by atoms with Crippen LogP contribution >= 0.6 is 21.6 Å². The molecule has 194 valence electrons. The Morgan fingerprint density at radius 1 is 0.406 bits per heavy atom. The van der Waals surface area contributed by atoms with E-state index in [-0.39, 0.29) is 36.6 Å². The summed E-state index contributed by atoms with van der Waals surface area (Å²) in [5.41, 5.74) is 0. The lowest BCUT2D eigenvalue weighted by Gasteiger charge is -2.38. The molecule has 0 fully saturated rings. The lowest BCUT2D eigenvalue weighted by molar-refractivity contribution is -0.410. The molecule has 0 unspecified atom stereocenters. The zero-order valence-corrected chi connectivity index (χ0v) is 24.2. The predicted molar refractivity (Wildman–Crippen MR) is 137 cm³/mol. The molecule has 0 aromatic carbocycles. The van der Waals surface area contributed by atoms with Crippen LogP contribution in [0.25, 0.3) is 0 Å². The van der Waals surface area contributed by atoms with Gasteiger partial charge in [-0.3, -0.25) is 0 Å². The number of ether oxygens (including phenoxy) is 6. The molecule has 0 aliphatic rings. The Morgan fingerprint density at radius 3 is 0.750 bits per heavy atom. The second kappa shape index (κ2) is 16.2. The van der Waals surface area contributed by atoms with Crippen molar-refractivity contribution in [1.82, 2.24) is 0 Å². The van der Waals surface area contributed by atoms with Gasteiger partial charge in [-0.25, -0.2) is 0 Å². The predicted octanol–water partition coefficient (Wildman–Crippen LogP) is 7.01. The molecule has 0 saturated heterocycles. The molecule has 6 nitrogen and oxygen atoms in total. The lowest BCUT2D eigenvalue weighted by atomic mass is 10.3. The number of hydrogen-bond donors (Lipinski definition) is 0. The quantitative estimate of drug-likeness (QED) is 0.107. The Morgan fingerprint density at radius 2 is 0.594 bits per heavy atom. The second-order valence-corrected chi connectivity index (χ2v) is 12.2. The molecule has 0 aromatic rings. The van der Waals surface area contributed by atoms with Gasteiger partial charge >= 0.3 is 0 Å². The summed E-state index contributed by atoms with van der Waals surface area (Å²) in [5, 5.41) is 0. The fourth-order valence-corrected chi connectivity index (χ4v) is 5.24. The van der Waals surface area contributed by atoms with Crippen LogP contribution in [0.1, 0.15) is 95.9 Å². The molecule has 0 N–H and O–H groups in total. The molecule has 8 heteroatoms. The molecule has 0 atom stereocenters. The van der Waals surface area contributed by atoms with Crippen molar-refractivity contribution in [3.8, 4) is 0 Å². The third-order valence-corrected chi connectivity index (χ3v) is 5.97. The standard InChI is InChI=1S/C24H50O6S2/c1-17(2)25-23(26-18(3)4,27-19(5)6)13-15-31-32-16-14-24(28-20(7)8,29-21(9)10)30-22(11)12/h17-22H,13-16H2,1-12H3. The monoisotopic (exact) mass is 498 g/mol. The van der Waals surface area contributed by atoms with E-state index in [1.165, 1.54) is 0 Å². The summed E-state index contributed by atoms with van der Waals surface area (Å²) in [6, 6.07) is 0. The van der Waals surface area contributed by atoms with E-state index in [0.29, 0.717) is 12.8 Å². The summed E-state index contributed by atoms with van der Waals surface area (Å²) >= 11 is 0. The SMILES string of the molecule is CC(C)OC(CCSSCCC(OC(C)C)(OC(C)C)OC(C)C)(OC(C)C)OC(C)C. The van der Waals surface area contributed by atoms with Crippen molar-refractivity contribution in [2.75, 3.05) is 11.5 Å². The van der Waals surface area contributed by atoms with Gasteiger partial charge in [0.2, 0.25) is 0 Å². The van der Waals surface area contributed by atoms with Crippen LogP contribution in [0.3, 0.4) is 0 Å². The molecule has 0 spiro atoms. The van der Waals surface area contributed by atoms with E-state index in [1.807, 2.05) is 83.1 Å². The summed E-state index contributed by atoms with van der Waals surface area (Å²) in [4.78, 5) is 0.